The van der Waals surface area contributed by atoms with Crippen LogP contribution in [0.25, 0.3) is 0 Å². The zero-order valence-corrected chi connectivity index (χ0v) is 16.4. The van der Waals surface area contributed by atoms with E-state index < -0.39 is 0 Å². The van der Waals surface area contributed by atoms with Crippen molar-refractivity contribution in [2.24, 2.45) is 11.8 Å². The van der Waals surface area contributed by atoms with E-state index in [1.807, 2.05) is 36.1 Å². The lowest BCUT2D eigenvalue weighted by molar-refractivity contribution is -0.143. The summed E-state index contributed by atoms with van der Waals surface area (Å²) in [5.74, 6) is 0.571. The van der Waals surface area contributed by atoms with E-state index in [-0.39, 0.29) is 24.3 Å². The Balaban J connectivity index is 1.55. The Morgan fingerprint density at radius 3 is 2.26 bits per heavy atom. The fourth-order valence-corrected chi connectivity index (χ4v) is 4.34. The summed E-state index contributed by atoms with van der Waals surface area (Å²) in [6.07, 6.45) is 5.85. The first-order chi connectivity index (χ1) is 13.1. The Hall–Kier alpha value is -1.88. The van der Waals surface area contributed by atoms with Crippen molar-refractivity contribution in [3.8, 4) is 0 Å². The molecule has 1 saturated heterocycles. The normalized spacial score (nSPS) is 18.7. The molecule has 1 aromatic carbocycles. The second-order valence-corrected chi connectivity index (χ2v) is 8.05. The zero-order chi connectivity index (χ0) is 19.2. The molecule has 1 aliphatic heterocycles. The summed E-state index contributed by atoms with van der Waals surface area (Å²) >= 11 is 0. The molecule has 5 heteroatoms. The van der Waals surface area contributed by atoms with Crippen LogP contribution in [0.15, 0.2) is 24.3 Å². The van der Waals surface area contributed by atoms with Crippen molar-refractivity contribution in [2.75, 3.05) is 26.2 Å². The summed E-state index contributed by atoms with van der Waals surface area (Å²) < 4.78 is 0. The van der Waals surface area contributed by atoms with Gasteiger partial charge in [0.25, 0.3) is 0 Å². The van der Waals surface area contributed by atoms with E-state index in [1.165, 1.54) is 18.4 Å². The number of carbonyl (C=O) groups is 2. The minimum absolute atomic E-state index is 0.0311. The van der Waals surface area contributed by atoms with Crippen molar-refractivity contribution in [1.29, 1.82) is 0 Å². The van der Waals surface area contributed by atoms with Crippen molar-refractivity contribution < 1.29 is 14.7 Å². The molecular formula is C22H32N2O3. The highest BCUT2D eigenvalue weighted by molar-refractivity contribution is 5.81. The number of aryl methyl sites for hydroxylation is 1. The van der Waals surface area contributed by atoms with Gasteiger partial charge in [0.1, 0.15) is 0 Å². The maximum atomic E-state index is 13.0. The van der Waals surface area contributed by atoms with Gasteiger partial charge >= 0.3 is 0 Å². The predicted octanol–water partition coefficient (Wildman–Crippen LogP) is 2.74. The average molecular weight is 373 g/mol. The van der Waals surface area contributed by atoms with Gasteiger partial charge in [0.2, 0.25) is 11.8 Å². The summed E-state index contributed by atoms with van der Waals surface area (Å²) in [4.78, 5) is 29.3. The number of likely N-dealkylation sites (tertiary alicyclic amines) is 1. The van der Waals surface area contributed by atoms with Crippen molar-refractivity contribution in [1.82, 2.24) is 9.80 Å². The van der Waals surface area contributed by atoms with Crippen molar-refractivity contribution in [3.05, 3.63) is 35.4 Å². The number of piperidine rings is 1. The third-order valence-corrected chi connectivity index (χ3v) is 6.04. The van der Waals surface area contributed by atoms with E-state index in [1.54, 1.807) is 4.90 Å². The van der Waals surface area contributed by atoms with Crippen LogP contribution in [-0.2, 0) is 16.1 Å². The number of nitrogens with zero attached hydrogens (tertiary/aromatic N) is 2. The van der Waals surface area contributed by atoms with Gasteiger partial charge in [-0.15, -0.1) is 0 Å². The molecule has 0 atom stereocenters. The molecule has 148 valence electrons. The minimum atomic E-state index is -0.0466. The number of hydrogen-bond donors (Lipinski definition) is 1. The fourth-order valence-electron chi connectivity index (χ4n) is 4.34. The molecule has 2 fully saturated rings. The number of hydrogen-bond acceptors (Lipinski definition) is 3. The summed E-state index contributed by atoms with van der Waals surface area (Å²) in [6, 6.07) is 8.17. The highest BCUT2D eigenvalue weighted by Gasteiger charge is 2.33. The third kappa shape index (κ3) is 5.10. The summed E-state index contributed by atoms with van der Waals surface area (Å²) in [7, 11) is 0. The first-order valence-corrected chi connectivity index (χ1v) is 10.3. The van der Waals surface area contributed by atoms with Crippen LogP contribution in [0.2, 0.25) is 0 Å². The Labute approximate surface area is 162 Å². The standard InChI is InChI=1S/C22H32N2O3/c1-17-6-8-18(9-7-17)16-24(14-15-25)22(27)20-10-12-23(13-11-20)21(26)19-4-2-3-5-19/h6-9,19-20,25H,2-5,10-16H2,1H3. The van der Waals surface area contributed by atoms with Gasteiger partial charge in [0.05, 0.1) is 6.61 Å². The zero-order valence-electron chi connectivity index (χ0n) is 16.4. The van der Waals surface area contributed by atoms with E-state index >= 15 is 0 Å². The van der Waals surface area contributed by atoms with Crippen LogP contribution < -0.4 is 0 Å². The maximum absolute atomic E-state index is 13.0. The number of aliphatic hydroxyl groups is 1. The average Bonchev–Trinajstić information content (AvgIpc) is 3.23. The van der Waals surface area contributed by atoms with E-state index in [4.69, 9.17) is 0 Å². The van der Waals surface area contributed by atoms with Gasteiger partial charge in [-0.3, -0.25) is 9.59 Å². The van der Waals surface area contributed by atoms with Crippen molar-refractivity contribution in [3.63, 3.8) is 0 Å². The van der Waals surface area contributed by atoms with E-state index in [2.05, 4.69) is 0 Å². The molecule has 1 saturated carbocycles. The molecule has 1 aromatic rings. The summed E-state index contributed by atoms with van der Waals surface area (Å²) in [5, 5.41) is 9.40. The topological polar surface area (TPSA) is 60.9 Å². The summed E-state index contributed by atoms with van der Waals surface area (Å²) in [6.45, 7) is 4.26. The summed E-state index contributed by atoms with van der Waals surface area (Å²) in [5.41, 5.74) is 2.27. The number of benzene rings is 1. The molecular weight excluding hydrogens is 340 g/mol. The number of rotatable bonds is 6. The van der Waals surface area contributed by atoms with Crippen LogP contribution in [0.5, 0.6) is 0 Å². The molecule has 5 nitrogen and oxygen atoms in total. The number of amides is 2. The Morgan fingerprint density at radius 1 is 1.04 bits per heavy atom. The van der Waals surface area contributed by atoms with E-state index in [0.717, 1.165) is 31.2 Å². The van der Waals surface area contributed by atoms with Gasteiger partial charge in [-0.05, 0) is 38.2 Å². The van der Waals surface area contributed by atoms with Crippen LogP contribution in [0.1, 0.15) is 49.7 Å². The molecule has 0 spiro atoms. The van der Waals surface area contributed by atoms with Crippen LogP contribution in [-0.4, -0.2) is 53.0 Å². The molecule has 1 heterocycles. The second-order valence-electron chi connectivity index (χ2n) is 8.05. The molecule has 2 aliphatic rings. The fraction of sp³-hybridized carbons (Fsp3) is 0.636. The Kier molecular flexibility index (Phi) is 6.89. The molecule has 1 N–H and O–H groups in total. The molecule has 0 radical (unpaired) electrons. The van der Waals surface area contributed by atoms with Crippen molar-refractivity contribution >= 4 is 11.8 Å². The largest absolute Gasteiger partial charge is 0.395 e. The molecule has 3 rings (SSSR count). The smallest absolute Gasteiger partial charge is 0.226 e. The molecule has 0 aromatic heterocycles. The lowest BCUT2D eigenvalue weighted by Gasteiger charge is -2.35. The monoisotopic (exact) mass is 372 g/mol. The van der Waals surface area contributed by atoms with Gasteiger partial charge in [0, 0.05) is 38.0 Å². The molecule has 2 amide bonds. The molecule has 0 bridgehead atoms. The van der Waals surface area contributed by atoms with Gasteiger partial charge in [0.15, 0.2) is 0 Å². The van der Waals surface area contributed by atoms with Crippen LogP contribution in [0.4, 0.5) is 0 Å². The molecule has 1 aliphatic carbocycles. The van der Waals surface area contributed by atoms with E-state index in [9.17, 15) is 14.7 Å². The van der Waals surface area contributed by atoms with Crippen molar-refractivity contribution in [2.45, 2.75) is 52.0 Å². The quantitative estimate of drug-likeness (QED) is 0.835. The van der Waals surface area contributed by atoms with Gasteiger partial charge in [-0.25, -0.2) is 0 Å². The number of aliphatic hydroxyl groups excluding tert-OH is 1. The molecule has 27 heavy (non-hydrogen) atoms. The predicted molar refractivity (Wildman–Crippen MR) is 105 cm³/mol. The first-order valence-electron chi connectivity index (χ1n) is 10.3. The first kappa shape index (κ1) is 19.9. The lowest BCUT2D eigenvalue weighted by Crippen LogP contribution is -2.46. The lowest BCUT2D eigenvalue weighted by atomic mass is 9.93. The maximum Gasteiger partial charge on any atom is 0.226 e. The van der Waals surface area contributed by atoms with Crippen LogP contribution in [0.3, 0.4) is 0 Å². The second kappa shape index (κ2) is 9.36. The van der Waals surface area contributed by atoms with E-state index in [0.29, 0.717) is 32.1 Å². The highest BCUT2D eigenvalue weighted by atomic mass is 16.3. The molecule has 0 unspecified atom stereocenters. The van der Waals surface area contributed by atoms with Gasteiger partial charge in [-0.1, -0.05) is 42.7 Å². The SMILES string of the molecule is Cc1ccc(CN(CCO)C(=O)C2CCN(C(=O)C3CCCC3)CC2)cc1. The Bertz CT molecular complexity index is 629. The third-order valence-electron chi connectivity index (χ3n) is 6.04. The number of carbonyl (C=O) groups excluding carboxylic acids is 2. The Morgan fingerprint density at radius 2 is 1.67 bits per heavy atom. The van der Waals surface area contributed by atoms with Crippen LogP contribution >= 0.6 is 0 Å². The minimum Gasteiger partial charge on any atom is -0.395 e. The van der Waals surface area contributed by atoms with Crippen LogP contribution in [0, 0.1) is 18.8 Å². The van der Waals surface area contributed by atoms with Gasteiger partial charge in [-0.2, -0.15) is 0 Å². The highest BCUT2D eigenvalue weighted by Crippen LogP contribution is 2.29. The van der Waals surface area contributed by atoms with Gasteiger partial charge < -0.3 is 14.9 Å².